The molecule has 1 aliphatic heterocycles. The fourth-order valence-electron chi connectivity index (χ4n) is 2.90. The summed E-state index contributed by atoms with van der Waals surface area (Å²) in [6.45, 7) is 2.10. The molecule has 0 aromatic heterocycles. The number of piperidine rings is 1. The van der Waals surface area contributed by atoms with Crippen LogP contribution < -0.4 is 10.6 Å². The molecule has 1 saturated carbocycles. The van der Waals surface area contributed by atoms with E-state index in [0.717, 1.165) is 44.7 Å². The zero-order chi connectivity index (χ0) is 11.2. The maximum Gasteiger partial charge on any atom is 0.220 e. The van der Waals surface area contributed by atoms with E-state index in [4.69, 9.17) is 0 Å². The average Bonchev–Trinajstić information content (AvgIpc) is 2.81. The van der Waals surface area contributed by atoms with Gasteiger partial charge in [-0.3, -0.25) is 4.79 Å². The molecular formula is C13H25ClN2O. The highest BCUT2D eigenvalue weighted by molar-refractivity contribution is 5.85. The van der Waals surface area contributed by atoms with Crippen molar-refractivity contribution >= 4 is 18.3 Å². The Morgan fingerprint density at radius 2 is 1.76 bits per heavy atom. The molecule has 1 saturated heterocycles. The van der Waals surface area contributed by atoms with Gasteiger partial charge in [0.25, 0.3) is 0 Å². The van der Waals surface area contributed by atoms with Crippen LogP contribution in [-0.2, 0) is 4.79 Å². The maximum absolute atomic E-state index is 11.7. The lowest BCUT2D eigenvalue weighted by Crippen LogP contribution is -2.42. The molecule has 2 fully saturated rings. The van der Waals surface area contributed by atoms with Crippen molar-refractivity contribution in [3.8, 4) is 0 Å². The largest absolute Gasteiger partial charge is 0.353 e. The number of rotatable bonds is 4. The Hall–Kier alpha value is -0.280. The van der Waals surface area contributed by atoms with Crippen LogP contribution in [0.5, 0.6) is 0 Å². The van der Waals surface area contributed by atoms with Crippen LogP contribution in [0.1, 0.15) is 51.4 Å². The van der Waals surface area contributed by atoms with E-state index in [-0.39, 0.29) is 18.3 Å². The van der Waals surface area contributed by atoms with Crippen LogP contribution in [0.3, 0.4) is 0 Å². The zero-order valence-electron chi connectivity index (χ0n) is 10.5. The van der Waals surface area contributed by atoms with Gasteiger partial charge in [0.1, 0.15) is 0 Å². The third kappa shape index (κ3) is 5.26. The summed E-state index contributed by atoms with van der Waals surface area (Å²) in [5.41, 5.74) is 0. The Kier molecular flexibility index (Phi) is 6.90. The third-order valence-electron chi connectivity index (χ3n) is 3.96. The van der Waals surface area contributed by atoms with Crippen LogP contribution in [0.2, 0.25) is 0 Å². The monoisotopic (exact) mass is 260 g/mol. The van der Waals surface area contributed by atoms with Crippen molar-refractivity contribution in [3.63, 3.8) is 0 Å². The van der Waals surface area contributed by atoms with E-state index < -0.39 is 0 Å². The molecule has 0 unspecified atom stereocenters. The Morgan fingerprint density at radius 1 is 1.12 bits per heavy atom. The average molecular weight is 261 g/mol. The van der Waals surface area contributed by atoms with Gasteiger partial charge in [0, 0.05) is 12.5 Å². The SMILES string of the molecule is Cl.O=C(CCC1CCCC1)NC1CCNCC1. The van der Waals surface area contributed by atoms with Gasteiger partial charge in [0.05, 0.1) is 0 Å². The van der Waals surface area contributed by atoms with Crippen molar-refractivity contribution in [2.75, 3.05) is 13.1 Å². The zero-order valence-corrected chi connectivity index (χ0v) is 11.4. The van der Waals surface area contributed by atoms with E-state index in [9.17, 15) is 4.79 Å². The van der Waals surface area contributed by atoms with Crippen molar-refractivity contribution < 1.29 is 4.79 Å². The molecule has 0 atom stereocenters. The molecule has 1 aliphatic carbocycles. The first-order valence-electron chi connectivity index (χ1n) is 6.84. The number of nitrogens with one attached hydrogen (secondary N) is 2. The highest BCUT2D eigenvalue weighted by atomic mass is 35.5. The van der Waals surface area contributed by atoms with Crippen molar-refractivity contribution in [2.45, 2.75) is 57.4 Å². The second-order valence-corrected chi connectivity index (χ2v) is 5.28. The standard InChI is InChI=1S/C13H24N2O.ClH/c16-13(6-5-11-3-1-2-4-11)15-12-7-9-14-10-8-12;/h11-12,14H,1-10H2,(H,15,16);1H. The predicted octanol–water partition coefficient (Wildman–Crippen LogP) is 2.25. The Morgan fingerprint density at radius 3 is 2.41 bits per heavy atom. The highest BCUT2D eigenvalue weighted by Gasteiger charge is 2.18. The van der Waals surface area contributed by atoms with Gasteiger partial charge in [0.2, 0.25) is 5.91 Å². The van der Waals surface area contributed by atoms with Crippen LogP contribution >= 0.6 is 12.4 Å². The van der Waals surface area contributed by atoms with Gasteiger partial charge in [-0.2, -0.15) is 0 Å². The molecule has 0 spiro atoms. The molecule has 2 rings (SSSR count). The van der Waals surface area contributed by atoms with E-state index in [0.29, 0.717) is 6.04 Å². The summed E-state index contributed by atoms with van der Waals surface area (Å²) in [5, 5.41) is 6.48. The quantitative estimate of drug-likeness (QED) is 0.814. The van der Waals surface area contributed by atoms with Crippen molar-refractivity contribution in [1.82, 2.24) is 10.6 Å². The van der Waals surface area contributed by atoms with Gasteiger partial charge >= 0.3 is 0 Å². The molecule has 1 amide bonds. The lowest BCUT2D eigenvalue weighted by Gasteiger charge is -2.23. The van der Waals surface area contributed by atoms with E-state index in [1.807, 2.05) is 0 Å². The Labute approximate surface area is 111 Å². The van der Waals surface area contributed by atoms with Gasteiger partial charge < -0.3 is 10.6 Å². The van der Waals surface area contributed by atoms with Crippen LogP contribution in [0.25, 0.3) is 0 Å². The van der Waals surface area contributed by atoms with Crippen LogP contribution in [0, 0.1) is 5.92 Å². The Bertz CT molecular complexity index is 223. The second-order valence-electron chi connectivity index (χ2n) is 5.28. The van der Waals surface area contributed by atoms with Crippen molar-refractivity contribution in [3.05, 3.63) is 0 Å². The van der Waals surface area contributed by atoms with Gasteiger partial charge in [-0.15, -0.1) is 12.4 Å². The summed E-state index contributed by atoms with van der Waals surface area (Å²) in [4.78, 5) is 11.7. The summed E-state index contributed by atoms with van der Waals surface area (Å²) in [6.07, 6.45) is 9.48. The summed E-state index contributed by atoms with van der Waals surface area (Å²) in [6, 6.07) is 0.428. The predicted molar refractivity (Wildman–Crippen MR) is 72.5 cm³/mol. The molecule has 0 aromatic rings. The van der Waals surface area contributed by atoms with Gasteiger partial charge in [0.15, 0.2) is 0 Å². The highest BCUT2D eigenvalue weighted by Crippen LogP contribution is 2.28. The molecule has 2 N–H and O–H groups in total. The number of amides is 1. The minimum atomic E-state index is 0. The molecular weight excluding hydrogens is 236 g/mol. The number of hydrogen-bond donors (Lipinski definition) is 2. The summed E-state index contributed by atoms with van der Waals surface area (Å²) < 4.78 is 0. The molecule has 0 bridgehead atoms. The minimum Gasteiger partial charge on any atom is -0.353 e. The topological polar surface area (TPSA) is 41.1 Å². The molecule has 4 heteroatoms. The van der Waals surface area contributed by atoms with Crippen molar-refractivity contribution in [2.24, 2.45) is 5.92 Å². The lowest BCUT2D eigenvalue weighted by molar-refractivity contribution is -0.122. The number of halogens is 1. The number of carbonyl (C=O) groups excluding carboxylic acids is 1. The van der Waals surface area contributed by atoms with Gasteiger partial charge in [-0.1, -0.05) is 25.7 Å². The molecule has 0 aromatic carbocycles. The van der Waals surface area contributed by atoms with Crippen molar-refractivity contribution in [1.29, 1.82) is 0 Å². The van der Waals surface area contributed by atoms with Gasteiger partial charge in [-0.25, -0.2) is 0 Å². The molecule has 2 aliphatic rings. The molecule has 1 heterocycles. The molecule has 100 valence electrons. The van der Waals surface area contributed by atoms with Crippen LogP contribution in [0.4, 0.5) is 0 Å². The normalized spacial score (nSPS) is 22.1. The minimum absolute atomic E-state index is 0. The Balaban J connectivity index is 0.00000144. The smallest absolute Gasteiger partial charge is 0.220 e. The summed E-state index contributed by atoms with van der Waals surface area (Å²) >= 11 is 0. The molecule has 0 radical (unpaired) electrons. The van der Waals surface area contributed by atoms with Gasteiger partial charge in [-0.05, 0) is 38.3 Å². The first-order chi connectivity index (χ1) is 7.84. The second kappa shape index (κ2) is 7.93. The van der Waals surface area contributed by atoms with E-state index in [1.54, 1.807) is 0 Å². The van der Waals surface area contributed by atoms with Crippen LogP contribution in [-0.4, -0.2) is 25.0 Å². The fraction of sp³-hybridized carbons (Fsp3) is 0.923. The lowest BCUT2D eigenvalue weighted by atomic mass is 10.0. The molecule has 3 nitrogen and oxygen atoms in total. The first kappa shape index (κ1) is 14.8. The third-order valence-corrected chi connectivity index (χ3v) is 3.96. The van der Waals surface area contributed by atoms with Crippen LogP contribution in [0.15, 0.2) is 0 Å². The first-order valence-corrected chi connectivity index (χ1v) is 6.84. The summed E-state index contributed by atoms with van der Waals surface area (Å²) in [7, 11) is 0. The molecule has 17 heavy (non-hydrogen) atoms. The number of hydrogen-bond acceptors (Lipinski definition) is 2. The van der Waals surface area contributed by atoms with E-state index >= 15 is 0 Å². The maximum atomic E-state index is 11.7. The number of carbonyl (C=O) groups is 1. The fourth-order valence-corrected chi connectivity index (χ4v) is 2.90. The summed E-state index contributed by atoms with van der Waals surface area (Å²) in [5.74, 6) is 1.11. The van der Waals surface area contributed by atoms with E-state index in [2.05, 4.69) is 10.6 Å². The van der Waals surface area contributed by atoms with E-state index in [1.165, 1.54) is 25.7 Å².